The van der Waals surface area contributed by atoms with Crippen LogP contribution in [0.2, 0.25) is 0 Å². The van der Waals surface area contributed by atoms with Crippen molar-refractivity contribution >= 4 is 22.4 Å². The molecule has 0 atom stereocenters. The quantitative estimate of drug-likeness (QED) is 0.801. The van der Waals surface area contributed by atoms with Gasteiger partial charge in [-0.1, -0.05) is 29.5 Å². The molecular formula is C14H13N5OS. The van der Waals surface area contributed by atoms with E-state index in [-0.39, 0.29) is 12.3 Å². The molecule has 0 aliphatic rings. The van der Waals surface area contributed by atoms with Crippen molar-refractivity contribution in [3.8, 4) is 5.69 Å². The van der Waals surface area contributed by atoms with Gasteiger partial charge in [-0.2, -0.15) is 5.10 Å². The highest BCUT2D eigenvalue weighted by Gasteiger charge is 2.09. The third-order valence-electron chi connectivity index (χ3n) is 2.79. The van der Waals surface area contributed by atoms with Crippen LogP contribution in [0.5, 0.6) is 0 Å². The molecule has 0 radical (unpaired) electrons. The van der Waals surface area contributed by atoms with Crippen LogP contribution in [-0.2, 0) is 11.2 Å². The lowest BCUT2D eigenvalue weighted by atomic mass is 10.2. The van der Waals surface area contributed by atoms with Crippen LogP contribution in [0, 0.1) is 6.92 Å². The molecule has 0 saturated heterocycles. The lowest BCUT2D eigenvalue weighted by molar-refractivity contribution is -0.115. The van der Waals surface area contributed by atoms with Crippen LogP contribution in [0.1, 0.15) is 10.6 Å². The van der Waals surface area contributed by atoms with E-state index in [1.807, 2.05) is 43.5 Å². The van der Waals surface area contributed by atoms with E-state index >= 15 is 0 Å². The van der Waals surface area contributed by atoms with Crippen molar-refractivity contribution in [2.75, 3.05) is 5.32 Å². The molecule has 3 aromatic rings. The van der Waals surface area contributed by atoms with E-state index in [1.165, 1.54) is 11.3 Å². The summed E-state index contributed by atoms with van der Waals surface area (Å²) in [5.41, 5.74) is 1.81. The van der Waals surface area contributed by atoms with Crippen molar-refractivity contribution in [3.63, 3.8) is 0 Å². The number of carbonyl (C=O) groups is 1. The van der Waals surface area contributed by atoms with E-state index < -0.39 is 0 Å². The lowest BCUT2D eigenvalue weighted by Gasteiger charge is -2.00. The number of para-hydroxylation sites is 1. The molecule has 0 fully saturated rings. The summed E-state index contributed by atoms with van der Waals surface area (Å²) in [6, 6.07) is 9.76. The van der Waals surface area contributed by atoms with Gasteiger partial charge in [-0.25, -0.2) is 4.68 Å². The monoisotopic (exact) mass is 299 g/mol. The molecule has 7 heteroatoms. The molecule has 1 aromatic carbocycles. The molecule has 106 valence electrons. The molecular weight excluding hydrogens is 286 g/mol. The smallest absolute Gasteiger partial charge is 0.230 e. The molecule has 1 N–H and O–H groups in total. The van der Waals surface area contributed by atoms with Gasteiger partial charge in [0.1, 0.15) is 5.01 Å². The van der Waals surface area contributed by atoms with E-state index in [9.17, 15) is 4.79 Å². The van der Waals surface area contributed by atoms with E-state index in [4.69, 9.17) is 0 Å². The van der Waals surface area contributed by atoms with Gasteiger partial charge in [-0.15, -0.1) is 10.2 Å². The Morgan fingerprint density at radius 2 is 2.10 bits per heavy atom. The Morgan fingerprint density at radius 1 is 1.29 bits per heavy atom. The molecule has 1 amide bonds. The number of nitrogens with one attached hydrogen (secondary N) is 1. The topological polar surface area (TPSA) is 72.7 Å². The maximum atomic E-state index is 11.9. The summed E-state index contributed by atoms with van der Waals surface area (Å²) >= 11 is 1.35. The summed E-state index contributed by atoms with van der Waals surface area (Å²) in [7, 11) is 0. The Kier molecular flexibility index (Phi) is 3.74. The Balaban J connectivity index is 1.66. The highest BCUT2D eigenvalue weighted by atomic mass is 32.1. The van der Waals surface area contributed by atoms with Gasteiger partial charge in [0.15, 0.2) is 0 Å². The van der Waals surface area contributed by atoms with Crippen molar-refractivity contribution in [1.82, 2.24) is 20.0 Å². The van der Waals surface area contributed by atoms with Crippen molar-refractivity contribution in [1.29, 1.82) is 0 Å². The molecule has 0 spiro atoms. The Labute approximate surface area is 125 Å². The summed E-state index contributed by atoms with van der Waals surface area (Å²) in [6.07, 6.45) is 3.80. The maximum absolute atomic E-state index is 11.9. The third-order valence-corrected chi connectivity index (χ3v) is 3.55. The molecule has 0 unspecified atom stereocenters. The van der Waals surface area contributed by atoms with Crippen LogP contribution in [0.3, 0.4) is 0 Å². The number of carbonyl (C=O) groups excluding carboxylic acids is 1. The zero-order chi connectivity index (χ0) is 14.7. The normalized spacial score (nSPS) is 10.5. The average molecular weight is 299 g/mol. The standard InChI is InChI=1S/C14H13N5OS/c1-10-17-18-14(21-10)16-13(20)7-11-8-15-19(9-11)12-5-3-2-4-6-12/h2-6,8-9H,7H2,1H3,(H,16,18,20). The summed E-state index contributed by atoms with van der Waals surface area (Å²) in [4.78, 5) is 11.9. The summed E-state index contributed by atoms with van der Waals surface area (Å²) in [5, 5.41) is 16.1. The number of hydrogen-bond acceptors (Lipinski definition) is 5. The first kappa shape index (κ1) is 13.4. The summed E-state index contributed by atoms with van der Waals surface area (Å²) < 4.78 is 1.75. The zero-order valence-electron chi connectivity index (χ0n) is 11.4. The van der Waals surface area contributed by atoms with Crippen LogP contribution in [0.25, 0.3) is 5.69 Å². The number of rotatable bonds is 4. The molecule has 0 aliphatic carbocycles. The number of anilines is 1. The highest BCUT2D eigenvalue weighted by Crippen LogP contribution is 2.14. The van der Waals surface area contributed by atoms with Crippen LogP contribution in [0.15, 0.2) is 42.7 Å². The van der Waals surface area contributed by atoms with Gasteiger partial charge >= 0.3 is 0 Å². The van der Waals surface area contributed by atoms with Crippen LogP contribution >= 0.6 is 11.3 Å². The minimum atomic E-state index is -0.126. The van der Waals surface area contributed by atoms with E-state index in [0.29, 0.717) is 5.13 Å². The fourth-order valence-electron chi connectivity index (χ4n) is 1.87. The van der Waals surface area contributed by atoms with Crippen molar-refractivity contribution in [2.45, 2.75) is 13.3 Å². The minimum absolute atomic E-state index is 0.126. The number of aromatic nitrogens is 4. The van der Waals surface area contributed by atoms with Gasteiger partial charge in [0, 0.05) is 6.20 Å². The van der Waals surface area contributed by atoms with Gasteiger partial charge in [0.2, 0.25) is 11.0 Å². The predicted molar refractivity (Wildman–Crippen MR) is 80.5 cm³/mol. The Bertz CT molecular complexity index is 750. The number of nitrogens with zero attached hydrogens (tertiary/aromatic N) is 4. The third kappa shape index (κ3) is 3.32. The van der Waals surface area contributed by atoms with Gasteiger partial charge in [-0.05, 0) is 24.6 Å². The SMILES string of the molecule is Cc1nnc(NC(=O)Cc2cnn(-c3ccccc3)c2)s1. The van der Waals surface area contributed by atoms with Crippen LogP contribution < -0.4 is 5.32 Å². The largest absolute Gasteiger partial charge is 0.300 e. The molecule has 0 saturated carbocycles. The first-order valence-electron chi connectivity index (χ1n) is 6.39. The number of amides is 1. The first-order valence-corrected chi connectivity index (χ1v) is 7.21. The molecule has 0 aliphatic heterocycles. The number of benzene rings is 1. The van der Waals surface area contributed by atoms with Gasteiger partial charge in [0.25, 0.3) is 0 Å². The Hall–Kier alpha value is -2.54. The average Bonchev–Trinajstić information content (AvgIpc) is 3.09. The molecule has 21 heavy (non-hydrogen) atoms. The fraction of sp³-hybridized carbons (Fsp3) is 0.143. The summed E-state index contributed by atoms with van der Waals surface area (Å²) in [5.74, 6) is -0.126. The zero-order valence-corrected chi connectivity index (χ0v) is 12.2. The van der Waals surface area contributed by atoms with Gasteiger partial charge in [0.05, 0.1) is 18.3 Å². The highest BCUT2D eigenvalue weighted by molar-refractivity contribution is 7.15. The predicted octanol–water partition coefficient (Wildman–Crippen LogP) is 2.21. The van der Waals surface area contributed by atoms with E-state index in [0.717, 1.165) is 16.3 Å². The minimum Gasteiger partial charge on any atom is -0.300 e. The second-order valence-electron chi connectivity index (χ2n) is 4.48. The Morgan fingerprint density at radius 3 is 2.81 bits per heavy atom. The van der Waals surface area contributed by atoms with Crippen molar-refractivity contribution in [2.24, 2.45) is 0 Å². The lowest BCUT2D eigenvalue weighted by Crippen LogP contribution is -2.13. The van der Waals surface area contributed by atoms with E-state index in [2.05, 4.69) is 20.6 Å². The van der Waals surface area contributed by atoms with Crippen molar-refractivity contribution in [3.05, 3.63) is 53.3 Å². The van der Waals surface area contributed by atoms with Crippen LogP contribution in [-0.4, -0.2) is 25.9 Å². The van der Waals surface area contributed by atoms with Gasteiger partial charge < -0.3 is 5.32 Å². The van der Waals surface area contributed by atoms with Crippen LogP contribution in [0.4, 0.5) is 5.13 Å². The van der Waals surface area contributed by atoms with Gasteiger partial charge in [-0.3, -0.25) is 4.79 Å². The van der Waals surface area contributed by atoms with E-state index in [1.54, 1.807) is 10.9 Å². The first-order chi connectivity index (χ1) is 10.2. The fourth-order valence-corrected chi connectivity index (χ4v) is 2.48. The molecule has 6 nitrogen and oxygen atoms in total. The second kappa shape index (κ2) is 5.84. The number of hydrogen-bond donors (Lipinski definition) is 1. The second-order valence-corrected chi connectivity index (χ2v) is 5.66. The van der Waals surface area contributed by atoms with Crippen molar-refractivity contribution < 1.29 is 4.79 Å². The summed E-state index contributed by atoms with van der Waals surface area (Å²) in [6.45, 7) is 1.84. The molecule has 2 heterocycles. The maximum Gasteiger partial charge on any atom is 0.230 e. The molecule has 0 bridgehead atoms. The number of aryl methyl sites for hydroxylation is 1. The molecule has 2 aromatic heterocycles. The molecule has 3 rings (SSSR count).